The van der Waals surface area contributed by atoms with E-state index in [4.69, 9.17) is 62.5 Å². The largest absolute Gasteiger partial charge is 0.478 e. The van der Waals surface area contributed by atoms with Crippen LogP contribution in [0.1, 0.15) is 96.0 Å². The number of amides is 2. The van der Waals surface area contributed by atoms with Crippen molar-refractivity contribution in [2.45, 2.75) is 38.9 Å². The lowest BCUT2D eigenvalue weighted by atomic mass is 10.1. The molecule has 8 aromatic heterocycles. The first-order valence-corrected chi connectivity index (χ1v) is 35.6. The third-order valence-corrected chi connectivity index (χ3v) is 20.5. The quantitative estimate of drug-likeness (QED) is 0.0497. The van der Waals surface area contributed by atoms with Crippen molar-refractivity contribution in [3.05, 3.63) is 314 Å². The summed E-state index contributed by atoms with van der Waals surface area (Å²) in [5.41, 5.74) is 4.11. The van der Waals surface area contributed by atoms with Crippen LogP contribution in [0.15, 0.2) is 186 Å². The Bertz CT molecular complexity index is 6260. The van der Waals surface area contributed by atoms with Crippen molar-refractivity contribution < 1.29 is 37.5 Å². The number of aromatic nitrogens is 10. The van der Waals surface area contributed by atoms with Crippen LogP contribution in [0.25, 0.3) is 49.8 Å². The lowest BCUT2D eigenvalue weighted by molar-refractivity contribution is 0.0696. The van der Waals surface area contributed by atoms with Crippen LogP contribution in [0.2, 0.25) is 17.3 Å². The molecule has 37 heteroatoms. The number of aldehydes is 1. The average molecular weight is 1610 g/mol. The van der Waals surface area contributed by atoms with Crippen LogP contribution in [-0.4, -0.2) is 78.5 Å². The van der Waals surface area contributed by atoms with E-state index in [1.807, 2.05) is 12.1 Å². The highest BCUT2D eigenvalue weighted by molar-refractivity contribution is 7.18. The number of nitriles is 2. The minimum Gasteiger partial charge on any atom is -0.478 e. The number of carbonyl (C=O) groups excluding carboxylic acids is 3. The summed E-state index contributed by atoms with van der Waals surface area (Å²) in [7, 11) is 0. The van der Waals surface area contributed by atoms with Crippen LogP contribution in [0, 0.1) is 60.9 Å². The van der Waals surface area contributed by atoms with E-state index in [0.717, 1.165) is 43.1 Å². The van der Waals surface area contributed by atoms with Gasteiger partial charge in [-0.15, -0.1) is 55.5 Å². The van der Waals surface area contributed by atoms with Crippen molar-refractivity contribution in [1.82, 2.24) is 59.9 Å². The standard InChI is InChI=1S/C22H15ClFN7O3S.C22H14ClFN4O3S.C16H11FN2O4.C6H5ClN2S.C5H3ClOS/c1-10-8-15-13(9-14(10)24)21(33)31(22(34)25-15)12-4-2-11(3-5-12)20(32)26-18(19-27-29-30-28-19)16-6-7-17(23)35-16;1-11-8-16-14(9-15(11)24)21(30)28(22(31)27-16)13-4-2-12(3-5-13)20(29)26-17(10-25)18-6-7-19(23)32-18;1-8-6-13-11(7-12(8)17)14(20)19(16(23)18-13)10-4-2-9(3-5-10)15(21)22;7-6-2-1-5(10-6)4(9)3-8;6-5-2-1-4(3-7)8-5/h2-9,18H,1H3,(H,25,34)(H,26,32)(H,27,28,29,30);2-9,17H,1H3,(H,26,29)(H,27,31);2-7H,1H3,(H,18,23)(H,21,22);1-2,4H,9H2;1-3H. The summed E-state index contributed by atoms with van der Waals surface area (Å²) in [5.74, 6) is -3.48. The maximum atomic E-state index is 14.0. The lowest BCUT2D eigenvalue weighted by Gasteiger charge is -2.14. The van der Waals surface area contributed by atoms with Crippen molar-refractivity contribution in [2.24, 2.45) is 5.73 Å². The maximum Gasteiger partial charge on any atom is 0.335 e. The highest BCUT2D eigenvalue weighted by atomic mass is 35.5. The van der Waals surface area contributed by atoms with Gasteiger partial charge in [0, 0.05) is 25.8 Å². The molecule has 108 heavy (non-hydrogen) atoms. The van der Waals surface area contributed by atoms with Gasteiger partial charge in [-0.2, -0.15) is 15.7 Å². The Hall–Kier alpha value is -12.0. The SMILES string of the molecule is Cc1cc2[nH]c(=O)n(-c3ccc(C(=O)NC(C#N)c4ccc(Cl)s4)cc3)c(=O)c2cc1F.Cc1cc2[nH]c(=O)n(-c3ccc(C(=O)NC(c4nn[nH]n4)c4ccc(Cl)s4)cc3)c(=O)c2cc1F.Cc1cc2[nH]c(=O)n(-c3ccc(C(=O)O)cc3)c(=O)c2cc1F.N#CC(N)c1ccc(Cl)s1.O=Cc1ccc(Cl)s1. The van der Waals surface area contributed by atoms with Crippen molar-refractivity contribution >= 4 is 149 Å². The van der Waals surface area contributed by atoms with E-state index in [2.05, 4.69) is 46.2 Å². The average Bonchev–Trinajstić information content (AvgIpc) is 0.956. The first-order valence-electron chi connectivity index (χ1n) is 30.8. The van der Waals surface area contributed by atoms with Crippen molar-refractivity contribution in [1.29, 1.82) is 10.5 Å². The number of carboxylic acid groups (broad SMARTS) is 1. The minimum atomic E-state index is -1.12. The number of nitrogens with zero attached hydrogens (tertiary/aromatic N) is 8. The third kappa shape index (κ3) is 18.3. The number of benzene rings is 6. The highest BCUT2D eigenvalue weighted by Crippen LogP contribution is 2.31. The summed E-state index contributed by atoms with van der Waals surface area (Å²) >= 11 is 28.1. The lowest BCUT2D eigenvalue weighted by Crippen LogP contribution is -2.34. The summed E-state index contributed by atoms with van der Waals surface area (Å²) in [6.45, 7) is 4.61. The van der Waals surface area contributed by atoms with Gasteiger partial charge in [0.1, 0.15) is 29.5 Å². The van der Waals surface area contributed by atoms with Gasteiger partial charge in [0.05, 0.1) is 89.7 Å². The number of carboxylic acids is 1. The van der Waals surface area contributed by atoms with Gasteiger partial charge < -0.3 is 36.4 Å². The third-order valence-electron chi connectivity index (χ3n) is 15.5. The Kier molecular flexibility index (Phi) is 25.1. The molecule has 0 aliphatic heterocycles. The molecule has 9 N–H and O–H groups in total. The Labute approximate surface area is 639 Å². The normalized spacial score (nSPS) is 11.6. The number of hydrogen-bond acceptors (Lipinski definition) is 20. The fourth-order valence-corrected chi connectivity index (χ4v) is 14.1. The number of carbonyl (C=O) groups is 4. The first kappa shape index (κ1) is 78.6. The molecule has 0 saturated heterocycles. The van der Waals surface area contributed by atoms with Crippen LogP contribution in [0.4, 0.5) is 13.2 Å². The Morgan fingerprint density at radius 2 is 0.889 bits per heavy atom. The molecular weight excluding hydrogens is 1570 g/mol. The van der Waals surface area contributed by atoms with Crippen LogP contribution < -0.4 is 50.1 Å². The molecule has 0 fully saturated rings. The van der Waals surface area contributed by atoms with E-state index in [1.54, 1.807) is 55.5 Å². The molecule has 0 aliphatic rings. The molecule has 546 valence electrons. The second kappa shape index (κ2) is 34.5. The Morgan fingerprint density at radius 3 is 1.21 bits per heavy atom. The molecule has 8 heterocycles. The van der Waals surface area contributed by atoms with E-state index in [1.165, 1.54) is 150 Å². The topological polar surface area (TPSA) is 405 Å². The Balaban J connectivity index is 0.000000156. The van der Waals surface area contributed by atoms with Gasteiger partial charge in [-0.05, 0) is 195 Å². The van der Waals surface area contributed by atoms with Gasteiger partial charge in [0.2, 0.25) is 5.82 Å². The molecule has 26 nitrogen and oxygen atoms in total. The number of H-pyrrole nitrogens is 4. The highest BCUT2D eigenvalue weighted by Gasteiger charge is 2.25. The van der Waals surface area contributed by atoms with Crippen molar-refractivity contribution in [3.63, 3.8) is 0 Å². The van der Waals surface area contributed by atoms with Crippen LogP contribution in [-0.2, 0) is 0 Å². The van der Waals surface area contributed by atoms with E-state index in [9.17, 15) is 66.4 Å². The number of halogens is 7. The zero-order valence-electron chi connectivity index (χ0n) is 55.3. The number of aromatic carboxylic acids is 1. The zero-order valence-corrected chi connectivity index (χ0v) is 61.6. The van der Waals surface area contributed by atoms with E-state index < -0.39 is 87.1 Å². The zero-order chi connectivity index (χ0) is 77.9. The smallest absolute Gasteiger partial charge is 0.335 e. The second-order valence-electron chi connectivity index (χ2n) is 22.6. The predicted molar refractivity (Wildman–Crippen MR) is 406 cm³/mol. The van der Waals surface area contributed by atoms with Crippen molar-refractivity contribution in [3.8, 4) is 29.2 Å². The van der Waals surface area contributed by atoms with Crippen LogP contribution >= 0.6 is 91.8 Å². The second-order valence-corrected chi connectivity index (χ2v) is 29.6. The molecule has 3 atom stereocenters. The molecule has 0 radical (unpaired) electrons. The Morgan fingerprint density at radius 1 is 0.519 bits per heavy atom. The van der Waals surface area contributed by atoms with E-state index in [0.29, 0.717) is 48.7 Å². The van der Waals surface area contributed by atoms with Crippen LogP contribution in [0.5, 0.6) is 0 Å². The number of aromatic amines is 4. The summed E-state index contributed by atoms with van der Waals surface area (Å²) in [6.07, 6.45) is 0.788. The number of aryl methyl sites for hydroxylation is 3. The number of nitrogens with one attached hydrogen (secondary N) is 6. The molecule has 0 aliphatic carbocycles. The van der Waals surface area contributed by atoms with Crippen molar-refractivity contribution in [2.75, 3.05) is 0 Å². The fraction of sp³-hybridized carbons (Fsp3) is 0.0845. The molecule has 3 unspecified atom stereocenters. The molecular formula is C71H48Cl4F3N15O11S4. The number of tetrazole rings is 1. The fourth-order valence-electron chi connectivity index (χ4n) is 10.1. The van der Waals surface area contributed by atoms with E-state index in [-0.39, 0.29) is 72.3 Å². The molecule has 0 saturated carbocycles. The summed E-state index contributed by atoms with van der Waals surface area (Å²) in [5, 5.41) is 46.0. The van der Waals surface area contributed by atoms with Crippen LogP contribution in [0.3, 0.4) is 0 Å². The van der Waals surface area contributed by atoms with E-state index >= 15 is 0 Å². The molecule has 2 amide bonds. The number of nitrogens with two attached hydrogens (primary N) is 1. The molecule has 0 bridgehead atoms. The first-order chi connectivity index (χ1) is 51.5. The summed E-state index contributed by atoms with van der Waals surface area (Å²) < 4.78 is 46.6. The predicted octanol–water partition coefficient (Wildman–Crippen LogP) is 12.7. The number of fused-ring (bicyclic) bond motifs is 3. The summed E-state index contributed by atoms with van der Waals surface area (Å²) in [4.78, 5) is 132. The molecule has 14 rings (SSSR count). The van der Waals surface area contributed by atoms with Gasteiger partial charge in [0.15, 0.2) is 12.3 Å². The van der Waals surface area contributed by atoms with Gasteiger partial charge in [-0.3, -0.25) is 28.8 Å². The number of thiophene rings is 4. The van der Waals surface area contributed by atoms with Gasteiger partial charge >= 0.3 is 23.0 Å². The minimum absolute atomic E-state index is 0.0284. The van der Waals surface area contributed by atoms with Gasteiger partial charge in [-0.25, -0.2) is 46.1 Å². The van der Waals surface area contributed by atoms with Gasteiger partial charge in [-0.1, -0.05) is 51.6 Å². The maximum absolute atomic E-state index is 14.0. The number of hydrogen-bond donors (Lipinski definition) is 8. The number of rotatable bonds is 13. The molecule has 14 aromatic rings. The molecule has 6 aromatic carbocycles. The summed E-state index contributed by atoms with van der Waals surface area (Å²) in [6, 6.07) is 39.7. The monoisotopic (exact) mass is 1610 g/mol. The van der Waals surface area contributed by atoms with Gasteiger partial charge in [0.25, 0.3) is 28.5 Å². The molecule has 0 spiro atoms.